The predicted molar refractivity (Wildman–Crippen MR) is 112 cm³/mol. The molecule has 0 bridgehead atoms. The van der Waals surface area contributed by atoms with Gasteiger partial charge < -0.3 is 20.1 Å². The van der Waals surface area contributed by atoms with Crippen LogP contribution in [0.2, 0.25) is 5.02 Å². The van der Waals surface area contributed by atoms with Gasteiger partial charge in [-0.15, -0.1) is 0 Å². The summed E-state index contributed by atoms with van der Waals surface area (Å²) in [5.41, 5.74) is 0.630. The number of halogens is 1. The van der Waals surface area contributed by atoms with E-state index >= 15 is 0 Å². The molecule has 0 saturated heterocycles. The van der Waals surface area contributed by atoms with E-state index in [0.717, 1.165) is 11.6 Å². The van der Waals surface area contributed by atoms with Crippen molar-refractivity contribution < 1.29 is 24.0 Å². The molecule has 0 aliphatic heterocycles. The van der Waals surface area contributed by atoms with Gasteiger partial charge in [-0.25, -0.2) is 0 Å². The van der Waals surface area contributed by atoms with Crippen LogP contribution in [0.5, 0.6) is 11.5 Å². The highest BCUT2D eigenvalue weighted by molar-refractivity contribution is 6.39. The van der Waals surface area contributed by atoms with E-state index in [2.05, 4.69) is 10.6 Å². The van der Waals surface area contributed by atoms with Gasteiger partial charge in [0.1, 0.15) is 5.02 Å². The first-order chi connectivity index (χ1) is 14.3. The average Bonchev–Trinajstić information content (AvgIpc) is 2.71. The molecule has 160 valence electrons. The van der Waals surface area contributed by atoms with Gasteiger partial charge in [-0.3, -0.25) is 19.7 Å². The second kappa shape index (κ2) is 11.0. The van der Waals surface area contributed by atoms with Gasteiger partial charge in [0.05, 0.1) is 18.1 Å². The van der Waals surface area contributed by atoms with Crippen LogP contribution in [-0.4, -0.2) is 36.5 Å². The van der Waals surface area contributed by atoms with Crippen LogP contribution in [0.3, 0.4) is 0 Å². The summed E-state index contributed by atoms with van der Waals surface area (Å²) in [6, 6.07) is 9.21. The van der Waals surface area contributed by atoms with Crippen LogP contribution >= 0.6 is 11.6 Å². The lowest BCUT2D eigenvalue weighted by Gasteiger charge is -2.12. The van der Waals surface area contributed by atoms with E-state index in [1.807, 2.05) is 26.0 Å². The number of hydrogen-bond donors (Lipinski definition) is 2. The molecule has 9 nitrogen and oxygen atoms in total. The lowest BCUT2D eigenvalue weighted by atomic mass is 10.1. The van der Waals surface area contributed by atoms with Crippen LogP contribution in [0, 0.1) is 10.1 Å². The number of carbonyl (C=O) groups excluding carboxylic acids is 2. The van der Waals surface area contributed by atoms with E-state index in [-0.39, 0.29) is 22.9 Å². The molecule has 0 aromatic heterocycles. The minimum absolute atomic E-state index is 0.0655. The molecule has 30 heavy (non-hydrogen) atoms. The standard InChI is InChI=1S/C20H22ClN3O6/c1-3-29-17-8-5-13(11-18(17)30-4-2)9-10-22-19(25)20(26)23-14-6-7-15(21)16(12-14)24(27)28/h5-8,11-12H,3-4,9-10H2,1-2H3,(H,22,25)(H,23,26). The number of hydrogen-bond acceptors (Lipinski definition) is 6. The minimum atomic E-state index is -0.937. The molecule has 2 amide bonds. The number of nitro groups is 1. The number of nitrogens with zero attached hydrogens (tertiary/aromatic N) is 1. The molecule has 2 rings (SSSR count). The van der Waals surface area contributed by atoms with E-state index in [4.69, 9.17) is 21.1 Å². The highest BCUT2D eigenvalue weighted by Gasteiger charge is 2.17. The van der Waals surface area contributed by atoms with Gasteiger partial charge in [-0.1, -0.05) is 17.7 Å². The molecule has 0 unspecified atom stereocenters. The van der Waals surface area contributed by atoms with Crippen LogP contribution < -0.4 is 20.1 Å². The van der Waals surface area contributed by atoms with Gasteiger partial charge in [-0.05, 0) is 50.1 Å². The Hall–Kier alpha value is -3.33. The highest BCUT2D eigenvalue weighted by Crippen LogP contribution is 2.29. The molecule has 0 spiro atoms. The van der Waals surface area contributed by atoms with E-state index in [1.54, 1.807) is 6.07 Å². The number of amides is 2. The first kappa shape index (κ1) is 23.0. The largest absolute Gasteiger partial charge is 0.490 e. The normalized spacial score (nSPS) is 10.2. The zero-order valence-electron chi connectivity index (χ0n) is 16.6. The van der Waals surface area contributed by atoms with Crippen LogP contribution in [0.25, 0.3) is 0 Å². The lowest BCUT2D eigenvalue weighted by Crippen LogP contribution is -2.36. The number of benzene rings is 2. The van der Waals surface area contributed by atoms with Crippen LogP contribution in [0.1, 0.15) is 19.4 Å². The Kier molecular flexibility index (Phi) is 8.42. The van der Waals surface area contributed by atoms with E-state index in [1.165, 1.54) is 12.1 Å². The zero-order valence-corrected chi connectivity index (χ0v) is 17.3. The molecular formula is C20H22ClN3O6. The first-order valence-electron chi connectivity index (χ1n) is 9.27. The van der Waals surface area contributed by atoms with E-state index in [0.29, 0.717) is 31.1 Å². The Morgan fingerprint density at radius 2 is 1.73 bits per heavy atom. The summed E-state index contributed by atoms with van der Waals surface area (Å²) in [7, 11) is 0. The number of anilines is 1. The fraction of sp³-hybridized carbons (Fsp3) is 0.300. The van der Waals surface area contributed by atoms with Gasteiger partial charge in [-0.2, -0.15) is 0 Å². The molecule has 0 aliphatic rings. The topological polar surface area (TPSA) is 120 Å². The van der Waals surface area contributed by atoms with Crippen molar-refractivity contribution in [3.05, 3.63) is 57.1 Å². The third kappa shape index (κ3) is 6.35. The van der Waals surface area contributed by atoms with Crippen LogP contribution in [0.15, 0.2) is 36.4 Å². The maximum Gasteiger partial charge on any atom is 0.313 e. The number of nitro benzene ring substituents is 1. The quantitative estimate of drug-likeness (QED) is 0.354. The molecule has 2 N–H and O–H groups in total. The monoisotopic (exact) mass is 435 g/mol. The molecule has 2 aromatic carbocycles. The van der Waals surface area contributed by atoms with Crippen molar-refractivity contribution in [3.8, 4) is 11.5 Å². The molecule has 0 heterocycles. The van der Waals surface area contributed by atoms with Crippen molar-refractivity contribution in [2.75, 3.05) is 25.1 Å². The van der Waals surface area contributed by atoms with Crippen molar-refractivity contribution in [2.24, 2.45) is 0 Å². The van der Waals surface area contributed by atoms with Crippen LogP contribution in [-0.2, 0) is 16.0 Å². The third-order valence-corrected chi connectivity index (χ3v) is 4.23. The molecule has 0 atom stereocenters. The second-order valence-corrected chi connectivity index (χ2v) is 6.44. The van der Waals surface area contributed by atoms with Gasteiger partial charge >= 0.3 is 11.8 Å². The van der Waals surface area contributed by atoms with Crippen molar-refractivity contribution >= 4 is 34.8 Å². The van der Waals surface area contributed by atoms with E-state index < -0.39 is 16.7 Å². The zero-order chi connectivity index (χ0) is 22.1. The molecule has 0 radical (unpaired) electrons. The SMILES string of the molecule is CCOc1ccc(CCNC(=O)C(=O)Nc2ccc(Cl)c([N+](=O)[O-])c2)cc1OCC. The van der Waals surface area contributed by atoms with Gasteiger partial charge in [0.15, 0.2) is 11.5 Å². The Balaban J connectivity index is 1.91. The van der Waals surface area contributed by atoms with Crippen molar-refractivity contribution in [1.29, 1.82) is 0 Å². The Bertz CT molecular complexity index is 935. The number of nitrogens with one attached hydrogen (secondary N) is 2. The molecule has 2 aromatic rings. The highest BCUT2D eigenvalue weighted by atomic mass is 35.5. The molecule has 0 fully saturated rings. The molecule has 0 saturated carbocycles. The third-order valence-electron chi connectivity index (χ3n) is 3.91. The summed E-state index contributed by atoms with van der Waals surface area (Å²) < 4.78 is 11.1. The molecular weight excluding hydrogens is 414 g/mol. The van der Waals surface area contributed by atoms with Gasteiger partial charge in [0.2, 0.25) is 0 Å². The summed E-state index contributed by atoms with van der Waals surface area (Å²) in [4.78, 5) is 34.2. The summed E-state index contributed by atoms with van der Waals surface area (Å²) in [5.74, 6) is -0.536. The Morgan fingerprint density at radius 1 is 1.03 bits per heavy atom. The summed E-state index contributed by atoms with van der Waals surface area (Å²) in [6.07, 6.45) is 0.470. The van der Waals surface area contributed by atoms with Crippen molar-refractivity contribution in [2.45, 2.75) is 20.3 Å². The Morgan fingerprint density at radius 3 is 2.40 bits per heavy atom. The predicted octanol–water partition coefficient (Wildman–Crippen LogP) is 3.34. The second-order valence-electron chi connectivity index (χ2n) is 6.03. The van der Waals surface area contributed by atoms with Crippen LogP contribution in [0.4, 0.5) is 11.4 Å². The van der Waals surface area contributed by atoms with Crippen molar-refractivity contribution in [3.63, 3.8) is 0 Å². The number of carbonyl (C=O) groups is 2. The maximum absolute atomic E-state index is 12.0. The van der Waals surface area contributed by atoms with Gasteiger partial charge in [0.25, 0.3) is 5.69 Å². The summed E-state index contributed by atoms with van der Waals surface area (Å²) in [6.45, 7) is 4.97. The molecule has 10 heteroatoms. The lowest BCUT2D eigenvalue weighted by molar-refractivity contribution is -0.384. The minimum Gasteiger partial charge on any atom is -0.490 e. The van der Waals surface area contributed by atoms with Crippen molar-refractivity contribution in [1.82, 2.24) is 5.32 Å². The smallest absolute Gasteiger partial charge is 0.313 e. The summed E-state index contributed by atoms with van der Waals surface area (Å²) >= 11 is 5.72. The number of ether oxygens (including phenoxy) is 2. The van der Waals surface area contributed by atoms with E-state index in [9.17, 15) is 19.7 Å². The fourth-order valence-electron chi connectivity index (χ4n) is 2.57. The molecule has 0 aliphatic carbocycles. The maximum atomic E-state index is 12.0. The average molecular weight is 436 g/mol. The number of rotatable bonds is 9. The first-order valence-corrected chi connectivity index (χ1v) is 9.65. The fourth-order valence-corrected chi connectivity index (χ4v) is 2.76. The Labute approximate surface area is 178 Å². The summed E-state index contributed by atoms with van der Waals surface area (Å²) in [5, 5.41) is 15.7. The van der Waals surface area contributed by atoms with Gasteiger partial charge in [0, 0.05) is 18.3 Å².